The molecule has 2 aromatic rings. The van der Waals surface area contributed by atoms with E-state index >= 15 is 0 Å². The minimum absolute atomic E-state index is 0.0172. The number of anilines is 2. The van der Waals surface area contributed by atoms with Gasteiger partial charge < -0.3 is 15.0 Å². The largest absolute Gasteiger partial charge is 0.484 e. The van der Waals surface area contributed by atoms with Crippen molar-refractivity contribution in [2.24, 2.45) is 0 Å². The molecule has 0 saturated carbocycles. The zero-order valence-electron chi connectivity index (χ0n) is 13.8. The van der Waals surface area contributed by atoms with Crippen LogP contribution in [0.15, 0.2) is 42.5 Å². The molecule has 0 aromatic heterocycles. The van der Waals surface area contributed by atoms with Gasteiger partial charge in [-0.3, -0.25) is 9.59 Å². The Hall–Kier alpha value is -2.53. The summed E-state index contributed by atoms with van der Waals surface area (Å²) in [5.74, 6) is 0.210. The molecule has 0 unspecified atom stereocenters. The molecular weight excluding hydrogens is 328 g/mol. The molecule has 2 aromatic carbocycles. The average molecular weight is 347 g/mol. The fourth-order valence-electron chi connectivity index (χ4n) is 2.12. The third kappa shape index (κ3) is 4.73. The van der Waals surface area contributed by atoms with Crippen molar-refractivity contribution in [2.75, 3.05) is 30.9 Å². The molecule has 0 heterocycles. The Morgan fingerprint density at radius 3 is 2.38 bits per heavy atom. The molecule has 0 aliphatic carbocycles. The van der Waals surface area contributed by atoms with Crippen LogP contribution in [-0.4, -0.2) is 32.4 Å². The van der Waals surface area contributed by atoms with E-state index < -0.39 is 0 Å². The van der Waals surface area contributed by atoms with Gasteiger partial charge in [-0.1, -0.05) is 11.6 Å². The Balaban J connectivity index is 1.98. The highest BCUT2D eigenvalue weighted by Gasteiger charge is 2.10. The summed E-state index contributed by atoms with van der Waals surface area (Å²) in [5.41, 5.74) is 2.06. The third-order valence-electron chi connectivity index (χ3n) is 3.35. The summed E-state index contributed by atoms with van der Waals surface area (Å²) in [6, 6.07) is 11.9. The Bertz CT molecular complexity index is 742. The van der Waals surface area contributed by atoms with Crippen LogP contribution in [-0.2, 0) is 4.79 Å². The lowest BCUT2D eigenvalue weighted by molar-refractivity contribution is -0.118. The highest BCUT2D eigenvalue weighted by molar-refractivity contribution is 6.31. The van der Waals surface area contributed by atoms with Gasteiger partial charge in [-0.2, -0.15) is 0 Å². The summed E-state index contributed by atoms with van der Waals surface area (Å²) < 4.78 is 5.44. The fraction of sp³-hybridized carbons (Fsp3) is 0.222. The lowest BCUT2D eigenvalue weighted by Crippen LogP contribution is -2.22. The van der Waals surface area contributed by atoms with Crippen molar-refractivity contribution in [3.8, 4) is 5.75 Å². The van der Waals surface area contributed by atoms with E-state index in [1.807, 2.05) is 25.1 Å². The highest BCUT2D eigenvalue weighted by atomic mass is 35.5. The maximum absolute atomic E-state index is 12.1. The lowest BCUT2D eigenvalue weighted by atomic mass is 10.1. The fourth-order valence-corrected chi connectivity index (χ4v) is 2.29. The van der Waals surface area contributed by atoms with E-state index in [0.717, 1.165) is 5.69 Å². The molecule has 1 amide bonds. The number of nitrogens with zero attached hydrogens (tertiary/aromatic N) is 1. The third-order valence-corrected chi connectivity index (χ3v) is 3.58. The van der Waals surface area contributed by atoms with Gasteiger partial charge in [0.15, 0.2) is 12.4 Å². The molecule has 2 rings (SSSR count). The highest BCUT2D eigenvalue weighted by Crippen LogP contribution is 2.27. The molecule has 0 aliphatic rings. The van der Waals surface area contributed by atoms with Crippen molar-refractivity contribution in [1.82, 2.24) is 0 Å². The van der Waals surface area contributed by atoms with Crippen LogP contribution in [0.2, 0.25) is 5.02 Å². The maximum Gasteiger partial charge on any atom is 0.262 e. The van der Waals surface area contributed by atoms with E-state index in [1.165, 1.54) is 6.92 Å². The van der Waals surface area contributed by atoms with Crippen LogP contribution < -0.4 is 15.0 Å². The van der Waals surface area contributed by atoms with Crippen molar-refractivity contribution >= 4 is 34.7 Å². The number of carbonyl (C=O) groups excluding carboxylic acids is 2. The van der Waals surface area contributed by atoms with Gasteiger partial charge in [-0.05, 0) is 49.4 Å². The summed E-state index contributed by atoms with van der Waals surface area (Å²) in [5, 5.41) is 3.33. The smallest absolute Gasteiger partial charge is 0.262 e. The predicted molar refractivity (Wildman–Crippen MR) is 96.4 cm³/mol. The number of amides is 1. The quantitative estimate of drug-likeness (QED) is 0.811. The second-order valence-electron chi connectivity index (χ2n) is 5.47. The predicted octanol–water partition coefficient (Wildman–Crippen LogP) is 3.63. The number of rotatable bonds is 6. The Kier molecular flexibility index (Phi) is 5.82. The molecule has 6 heteroatoms. The Labute approximate surface area is 146 Å². The molecule has 126 valence electrons. The van der Waals surface area contributed by atoms with Gasteiger partial charge in [0.2, 0.25) is 0 Å². The van der Waals surface area contributed by atoms with Crippen LogP contribution in [0.1, 0.15) is 17.3 Å². The van der Waals surface area contributed by atoms with E-state index in [2.05, 4.69) is 5.32 Å². The summed E-state index contributed by atoms with van der Waals surface area (Å²) in [6.45, 7) is 1.36. The standard InChI is InChI=1S/C18H19ClN2O3/c1-12(22)13-4-7-15(8-5-13)24-11-18(23)20-16-10-14(19)6-9-17(16)21(2)3/h4-10H,11H2,1-3H3,(H,20,23). The molecule has 0 bridgehead atoms. The second kappa shape index (κ2) is 7.84. The van der Waals surface area contributed by atoms with Crippen LogP contribution in [0.5, 0.6) is 5.75 Å². The summed E-state index contributed by atoms with van der Waals surface area (Å²) in [4.78, 5) is 25.2. The number of ether oxygens (including phenoxy) is 1. The minimum Gasteiger partial charge on any atom is -0.484 e. The number of benzene rings is 2. The van der Waals surface area contributed by atoms with Gasteiger partial charge in [0, 0.05) is 24.7 Å². The molecule has 5 nitrogen and oxygen atoms in total. The molecule has 0 radical (unpaired) electrons. The van der Waals surface area contributed by atoms with Crippen molar-refractivity contribution in [2.45, 2.75) is 6.92 Å². The lowest BCUT2D eigenvalue weighted by Gasteiger charge is -2.18. The molecule has 24 heavy (non-hydrogen) atoms. The van der Waals surface area contributed by atoms with Gasteiger partial charge in [0.05, 0.1) is 11.4 Å². The topological polar surface area (TPSA) is 58.6 Å². The van der Waals surface area contributed by atoms with Crippen molar-refractivity contribution < 1.29 is 14.3 Å². The van der Waals surface area contributed by atoms with Gasteiger partial charge in [0.25, 0.3) is 5.91 Å². The van der Waals surface area contributed by atoms with Gasteiger partial charge in [0.1, 0.15) is 5.75 Å². The van der Waals surface area contributed by atoms with Gasteiger partial charge in [-0.15, -0.1) is 0 Å². The van der Waals surface area contributed by atoms with Crippen LogP contribution >= 0.6 is 11.6 Å². The molecule has 0 fully saturated rings. The molecule has 0 spiro atoms. The number of halogens is 1. The number of nitrogens with one attached hydrogen (secondary N) is 1. The minimum atomic E-state index is -0.295. The summed E-state index contributed by atoms with van der Waals surface area (Å²) in [6.07, 6.45) is 0. The second-order valence-corrected chi connectivity index (χ2v) is 5.91. The Morgan fingerprint density at radius 2 is 1.79 bits per heavy atom. The first kappa shape index (κ1) is 17.8. The van der Waals surface area contributed by atoms with Crippen LogP contribution in [0.4, 0.5) is 11.4 Å². The van der Waals surface area contributed by atoms with Crippen molar-refractivity contribution in [3.63, 3.8) is 0 Å². The zero-order valence-corrected chi connectivity index (χ0v) is 14.6. The summed E-state index contributed by atoms with van der Waals surface area (Å²) >= 11 is 5.99. The number of ketones is 1. The van der Waals surface area contributed by atoms with E-state index in [4.69, 9.17) is 16.3 Å². The normalized spacial score (nSPS) is 10.2. The van der Waals surface area contributed by atoms with E-state index in [-0.39, 0.29) is 18.3 Å². The number of hydrogen-bond acceptors (Lipinski definition) is 4. The van der Waals surface area contributed by atoms with Crippen LogP contribution in [0, 0.1) is 0 Å². The molecule has 0 atom stereocenters. The van der Waals surface area contributed by atoms with Crippen LogP contribution in [0.3, 0.4) is 0 Å². The number of Topliss-reactive ketones (excluding diaryl/α,β-unsaturated/α-hetero) is 1. The SMILES string of the molecule is CC(=O)c1ccc(OCC(=O)Nc2cc(Cl)ccc2N(C)C)cc1. The van der Waals surface area contributed by atoms with Crippen molar-refractivity contribution in [3.05, 3.63) is 53.1 Å². The molecule has 1 N–H and O–H groups in total. The first-order valence-corrected chi connectivity index (χ1v) is 7.75. The maximum atomic E-state index is 12.1. The van der Waals surface area contributed by atoms with Gasteiger partial charge in [-0.25, -0.2) is 0 Å². The van der Waals surface area contributed by atoms with E-state index in [9.17, 15) is 9.59 Å². The monoisotopic (exact) mass is 346 g/mol. The molecule has 0 aliphatic heterocycles. The summed E-state index contributed by atoms with van der Waals surface area (Å²) in [7, 11) is 3.76. The number of hydrogen-bond donors (Lipinski definition) is 1. The molecular formula is C18H19ClN2O3. The van der Waals surface area contributed by atoms with Crippen LogP contribution in [0.25, 0.3) is 0 Å². The number of carbonyl (C=O) groups is 2. The average Bonchev–Trinajstić information content (AvgIpc) is 2.53. The van der Waals surface area contributed by atoms with Crippen molar-refractivity contribution in [1.29, 1.82) is 0 Å². The first-order chi connectivity index (χ1) is 11.4. The zero-order chi connectivity index (χ0) is 17.7. The molecule has 0 saturated heterocycles. The van der Waals surface area contributed by atoms with E-state index in [1.54, 1.807) is 36.4 Å². The Morgan fingerprint density at radius 1 is 1.12 bits per heavy atom. The van der Waals surface area contributed by atoms with E-state index in [0.29, 0.717) is 22.0 Å². The first-order valence-electron chi connectivity index (χ1n) is 7.37. The van der Waals surface area contributed by atoms with Gasteiger partial charge >= 0.3 is 0 Å².